The lowest BCUT2D eigenvalue weighted by atomic mass is 10.1. The Morgan fingerprint density at radius 2 is 2.19 bits per heavy atom. The monoisotopic (exact) mass is 229 g/mol. The molecule has 3 nitrogen and oxygen atoms in total. The van der Waals surface area contributed by atoms with E-state index in [0.29, 0.717) is 5.92 Å². The van der Waals surface area contributed by atoms with E-state index in [4.69, 9.17) is 9.47 Å². The molecule has 1 aliphatic rings. The molecule has 0 aromatic carbocycles. The zero-order valence-electron chi connectivity index (χ0n) is 10.8. The van der Waals surface area contributed by atoms with Crippen molar-refractivity contribution in [3.63, 3.8) is 0 Å². The van der Waals surface area contributed by atoms with Crippen LogP contribution in [0.2, 0.25) is 0 Å². The summed E-state index contributed by atoms with van der Waals surface area (Å²) in [5.41, 5.74) is 0. The van der Waals surface area contributed by atoms with Gasteiger partial charge in [-0.2, -0.15) is 0 Å². The molecule has 1 fully saturated rings. The van der Waals surface area contributed by atoms with Gasteiger partial charge < -0.3 is 14.8 Å². The quantitative estimate of drug-likeness (QED) is 0.550. The van der Waals surface area contributed by atoms with Gasteiger partial charge in [0.15, 0.2) is 0 Å². The van der Waals surface area contributed by atoms with Gasteiger partial charge in [0.1, 0.15) is 0 Å². The highest BCUT2D eigenvalue weighted by Gasteiger charge is 2.21. The molecule has 0 saturated heterocycles. The standard InChI is InChI=1S/C13H27NO2/c1-3-4-13(9-14-7-8-15-2)11-16-10-12-5-6-12/h12-14H,3-11H2,1-2H3. The summed E-state index contributed by atoms with van der Waals surface area (Å²) >= 11 is 0. The van der Waals surface area contributed by atoms with E-state index < -0.39 is 0 Å². The minimum Gasteiger partial charge on any atom is -0.383 e. The van der Waals surface area contributed by atoms with Gasteiger partial charge in [-0.05, 0) is 31.1 Å². The van der Waals surface area contributed by atoms with Crippen LogP contribution in [-0.2, 0) is 9.47 Å². The number of methoxy groups -OCH3 is 1. The molecule has 0 aromatic rings. The van der Waals surface area contributed by atoms with E-state index >= 15 is 0 Å². The smallest absolute Gasteiger partial charge is 0.0587 e. The minimum atomic E-state index is 0.667. The predicted molar refractivity (Wildman–Crippen MR) is 66.7 cm³/mol. The molecule has 0 bridgehead atoms. The molecule has 1 rings (SSSR count). The van der Waals surface area contributed by atoms with Crippen LogP contribution in [0.5, 0.6) is 0 Å². The Morgan fingerprint density at radius 3 is 2.81 bits per heavy atom. The molecular weight excluding hydrogens is 202 g/mol. The fraction of sp³-hybridized carbons (Fsp3) is 1.00. The maximum atomic E-state index is 5.76. The highest BCUT2D eigenvalue weighted by atomic mass is 16.5. The molecule has 0 aliphatic heterocycles. The lowest BCUT2D eigenvalue weighted by molar-refractivity contribution is 0.0867. The average molecular weight is 229 g/mol. The van der Waals surface area contributed by atoms with Crippen LogP contribution in [0, 0.1) is 11.8 Å². The highest BCUT2D eigenvalue weighted by Crippen LogP contribution is 2.28. The van der Waals surface area contributed by atoms with Gasteiger partial charge in [-0.25, -0.2) is 0 Å². The van der Waals surface area contributed by atoms with Gasteiger partial charge in [0.25, 0.3) is 0 Å². The van der Waals surface area contributed by atoms with Gasteiger partial charge in [0, 0.05) is 26.8 Å². The molecule has 96 valence electrons. The Bertz CT molecular complexity index is 160. The molecular formula is C13H27NO2. The summed E-state index contributed by atoms with van der Waals surface area (Å²) < 4.78 is 10.8. The Kier molecular flexibility index (Phi) is 7.81. The SMILES string of the molecule is CCCC(CNCCOC)COCC1CC1. The van der Waals surface area contributed by atoms with Crippen LogP contribution in [0.1, 0.15) is 32.6 Å². The van der Waals surface area contributed by atoms with Crippen molar-refractivity contribution >= 4 is 0 Å². The van der Waals surface area contributed by atoms with Crippen molar-refractivity contribution in [2.24, 2.45) is 11.8 Å². The largest absolute Gasteiger partial charge is 0.383 e. The zero-order chi connectivity index (χ0) is 11.6. The van der Waals surface area contributed by atoms with Gasteiger partial charge in [-0.3, -0.25) is 0 Å². The first-order valence-electron chi connectivity index (χ1n) is 6.64. The van der Waals surface area contributed by atoms with E-state index in [0.717, 1.165) is 38.8 Å². The maximum absolute atomic E-state index is 5.76. The number of ether oxygens (including phenoxy) is 2. The Hall–Kier alpha value is -0.120. The molecule has 0 radical (unpaired) electrons. The van der Waals surface area contributed by atoms with Crippen molar-refractivity contribution in [1.29, 1.82) is 0 Å². The lowest BCUT2D eigenvalue weighted by Gasteiger charge is -2.17. The molecule has 1 N–H and O–H groups in total. The van der Waals surface area contributed by atoms with E-state index in [1.807, 2.05) is 0 Å². The van der Waals surface area contributed by atoms with Crippen LogP contribution in [0.25, 0.3) is 0 Å². The normalized spacial score (nSPS) is 17.6. The van der Waals surface area contributed by atoms with Crippen LogP contribution >= 0.6 is 0 Å². The summed E-state index contributed by atoms with van der Waals surface area (Å²) in [6, 6.07) is 0. The molecule has 16 heavy (non-hydrogen) atoms. The summed E-state index contributed by atoms with van der Waals surface area (Å²) in [4.78, 5) is 0. The molecule has 0 aromatic heterocycles. The fourth-order valence-corrected chi connectivity index (χ4v) is 1.82. The minimum absolute atomic E-state index is 0.667. The van der Waals surface area contributed by atoms with Gasteiger partial charge in [-0.1, -0.05) is 13.3 Å². The van der Waals surface area contributed by atoms with Crippen molar-refractivity contribution in [3.8, 4) is 0 Å². The summed E-state index contributed by atoms with van der Waals surface area (Å²) in [6.07, 6.45) is 5.25. The van der Waals surface area contributed by atoms with Crippen LogP contribution in [-0.4, -0.2) is 40.0 Å². The molecule has 3 heteroatoms. The number of rotatable bonds is 11. The van der Waals surface area contributed by atoms with Crippen LogP contribution in [0.15, 0.2) is 0 Å². The molecule has 0 spiro atoms. The van der Waals surface area contributed by atoms with Crippen molar-refractivity contribution in [2.75, 3.05) is 40.0 Å². The van der Waals surface area contributed by atoms with E-state index in [9.17, 15) is 0 Å². The molecule has 1 unspecified atom stereocenters. The third-order valence-electron chi connectivity index (χ3n) is 3.02. The highest BCUT2D eigenvalue weighted by molar-refractivity contribution is 4.72. The zero-order valence-corrected chi connectivity index (χ0v) is 10.8. The van der Waals surface area contributed by atoms with E-state index in [-0.39, 0.29) is 0 Å². The lowest BCUT2D eigenvalue weighted by Crippen LogP contribution is -2.28. The Balaban J connectivity index is 1.98. The first-order chi connectivity index (χ1) is 7.86. The molecule has 1 saturated carbocycles. The molecule has 0 amide bonds. The fourth-order valence-electron chi connectivity index (χ4n) is 1.82. The third kappa shape index (κ3) is 7.20. The second kappa shape index (κ2) is 8.97. The molecule has 1 atom stereocenters. The van der Waals surface area contributed by atoms with Gasteiger partial charge >= 0.3 is 0 Å². The van der Waals surface area contributed by atoms with E-state index in [2.05, 4.69) is 12.2 Å². The first kappa shape index (κ1) is 13.9. The van der Waals surface area contributed by atoms with Crippen LogP contribution < -0.4 is 5.32 Å². The van der Waals surface area contributed by atoms with Crippen LogP contribution in [0.4, 0.5) is 0 Å². The van der Waals surface area contributed by atoms with Crippen molar-refractivity contribution in [2.45, 2.75) is 32.6 Å². The van der Waals surface area contributed by atoms with Crippen molar-refractivity contribution < 1.29 is 9.47 Å². The Labute approximate surface area is 99.9 Å². The third-order valence-corrected chi connectivity index (χ3v) is 3.02. The van der Waals surface area contributed by atoms with Crippen molar-refractivity contribution in [1.82, 2.24) is 5.32 Å². The maximum Gasteiger partial charge on any atom is 0.0587 e. The molecule has 1 aliphatic carbocycles. The van der Waals surface area contributed by atoms with Gasteiger partial charge in [0.2, 0.25) is 0 Å². The summed E-state index contributed by atoms with van der Waals surface area (Å²) in [6.45, 7) is 6.94. The summed E-state index contributed by atoms with van der Waals surface area (Å²) in [7, 11) is 1.74. The summed E-state index contributed by atoms with van der Waals surface area (Å²) in [5.74, 6) is 1.55. The Morgan fingerprint density at radius 1 is 1.38 bits per heavy atom. The first-order valence-corrected chi connectivity index (χ1v) is 6.64. The van der Waals surface area contributed by atoms with E-state index in [1.165, 1.54) is 25.7 Å². The number of nitrogens with one attached hydrogen (secondary N) is 1. The van der Waals surface area contributed by atoms with Gasteiger partial charge in [-0.15, -0.1) is 0 Å². The second-order valence-electron chi connectivity index (χ2n) is 4.83. The topological polar surface area (TPSA) is 30.5 Å². The number of hydrogen-bond donors (Lipinski definition) is 1. The average Bonchev–Trinajstić information content (AvgIpc) is 3.08. The number of hydrogen-bond acceptors (Lipinski definition) is 3. The molecule has 0 heterocycles. The van der Waals surface area contributed by atoms with Crippen molar-refractivity contribution in [3.05, 3.63) is 0 Å². The predicted octanol–water partition coefficient (Wildman–Crippen LogP) is 2.07. The van der Waals surface area contributed by atoms with Crippen LogP contribution in [0.3, 0.4) is 0 Å². The second-order valence-corrected chi connectivity index (χ2v) is 4.83. The van der Waals surface area contributed by atoms with E-state index in [1.54, 1.807) is 7.11 Å². The summed E-state index contributed by atoms with van der Waals surface area (Å²) in [5, 5.41) is 3.42. The van der Waals surface area contributed by atoms with Gasteiger partial charge in [0.05, 0.1) is 13.2 Å².